The van der Waals surface area contributed by atoms with Gasteiger partial charge in [-0.2, -0.15) is 5.10 Å². The van der Waals surface area contributed by atoms with Gasteiger partial charge in [-0.3, -0.25) is 9.59 Å². The monoisotopic (exact) mass is 422 g/mol. The van der Waals surface area contributed by atoms with Crippen molar-refractivity contribution in [2.24, 2.45) is 0 Å². The van der Waals surface area contributed by atoms with Gasteiger partial charge >= 0.3 is 5.97 Å². The highest BCUT2D eigenvalue weighted by Crippen LogP contribution is 2.24. The average Bonchev–Trinajstić information content (AvgIpc) is 3.11. The standard InChI is InChI=1S/C24H30N4O3/c1-15-8-7-9-16(2)27(15)22(29)14-31-23(30)13-12-19-17(3)25-24-20-10-5-6-11-21(20)26-28(24)18(19)4/h5-6,10-11,15-16H,7-9,12-14H2,1-4H3. The molecular formula is C24H30N4O3. The van der Waals surface area contributed by atoms with Gasteiger partial charge in [-0.1, -0.05) is 12.1 Å². The minimum absolute atomic E-state index is 0.105. The van der Waals surface area contributed by atoms with Crippen LogP contribution in [-0.2, 0) is 20.7 Å². The molecule has 1 amide bonds. The molecule has 2 unspecified atom stereocenters. The summed E-state index contributed by atoms with van der Waals surface area (Å²) in [7, 11) is 0. The van der Waals surface area contributed by atoms with Crippen LogP contribution < -0.4 is 0 Å². The van der Waals surface area contributed by atoms with Crippen LogP contribution in [0.25, 0.3) is 16.6 Å². The number of ether oxygens (including phenoxy) is 1. The second-order valence-electron chi connectivity index (χ2n) is 8.60. The number of rotatable bonds is 5. The summed E-state index contributed by atoms with van der Waals surface area (Å²) in [5.74, 6) is -0.470. The molecule has 164 valence electrons. The van der Waals surface area contributed by atoms with E-state index in [1.165, 1.54) is 0 Å². The largest absolute Gasteiger partial charge is 0.456 e. The quantitative estimate of drug-likeness (QED) is 0.585. The molecule has 1 aliphatic rings. The van der Waals surface area contributed by atoms with Gasteiger partial charge in [0.2, 0.25) is 0 Å². The van der Waals surface area contributed by atoms with Gasteiger partial charge in [0.25, 0.3) is 5.91 Å². The van der Waals surface area contributed by atoms with Crippen LogP contribution in [0.5, 0.6) is 0 Å². The van der Waals surface area contributed by atoms with Crippen LogP contribution in [0.4, 0.5) is 0 Å². The van der Waals surface area contributed by atoms with E-state index in [1.807, 2.05) is 47.5 Å². The van der Waals surface area contributed by atoms with Crippen LogP contribution in [0.15, 0.2) is 24.3 Å². The van der Waals surface area contributed by atoms with Gasteiger partial charge in [-0.25, -0.2) is 9.50 Å². The van der Waals surface area contributed by atoms with E-state index in [1.54, 1.807) is 0 Å². The second-order valence-corrected chi connectivity index (χ2v) is 8.60. The summed E-state index contributed by atoms with van der Waals surface area (Å²) in [6, 6.07) is 8.32. The predicted molar refractivity (Wildman–Crippen MR) is 119 cm³/mol. The van der Waals surface area contributed by atoms with E-state index in [0.29, 0.717) is 6.42 Å². The van der Waals surface area contributed by atoms with Gasteiger partial charge in [-0.05, 0) is 71.1 Å². The van der Waals surface area contributed by atoms with Crippen molar-refractivity contribution in [3.8, 4) is 0 Å². The number of hydrogen-bond donors (Lipinski definition) is 0. The van der Waals surface area contributed by atoms with Crippen molar-refractivity contribution < 1.29 is 14.3 Å². The summed E-state index contributed by atoms with van der Waals surface area (Å²) >= 11 is 0. The van der Waals surface area contributed by atoms with E-state index in [4.69, 9.17) is 9.72 Å². The lowest BCUT2D eigenvalue weighted by atomic mass is 9.97. The highest BCUT2D eigenvalue weighted by molar-refractivity contribution is 5.92. The molecule has 31 heavy (non-hydrogen) atoms. The maximum atomic E-state index is 12.6. The Hall–Kier alpha value is -2.96. The van der Waals surface area contributed by atoms with Crippen molar-refractivity contribution in [2.75, 3.05) is 6.61 Å². The van der Waals surface area contributed by atoms with Crippen molar-refractivity contribution in [1.29, 1.82) is 0 Å². The molecule has 0 N–H and O–H groups in total. The van der Waals surface area contributed by atoms with Gasteiger partial charge in [-0.15, -0.1) is 0 Å². The zero-order valence-corrected chi connectivity index (χ0v) is 18.7. The number of aryl methyl sites for hydroxylation is 2. The molecule has 1 aromatic carbocycles. The van der Waals surface area contributed by atoms with E-state index in [9.17, 15) is 9.59 Å². The van der Waals surface area contributed by atoms with Gasteiger partial charge < -0.3 is 9.64 Å². The average molecular weight is 423 g/mol. The van der Waals surface area contributed by atoms with E-state index < -0.39 is 0 Å². The normalized spacial score (nSPS) is 19.2. The van der Waals surface area contributed by atoms with Crippen LogP contribution >= 0.6 is 0 Å². The maximum Gasteiger partial charge on any atom is 0.306 e. The minimum Gasteiger partial charge on any atom is -0.456 e. The van der Waals surface area contributed by atoms with Gasteiger partial charge in [0, 0.05) is 35.3 Å². The molecule has 0 bridgehead atoms. The lowest BCUT2D eigenvalue weighted by molar-refractivity contribution is -0.154. The maximum absolute atomic E-state index is 12.6. The number of fused-ring (bicyclic) bond motifs is 3. The minimum atomic E-state index is -0.366. The summed E-state index contributed by atoms with van der Waals surface area (Å²) in [6.45, 7) is 7.88. The Morgan fingerprint density at radius 2 is 1.84 bits per heavy atom. The van der Waals surface area contributed by atoms with E-state index in [0.717, 1.165) is 52.8 Å². The molecule has 1 saturated heterocycles. The van der Waals surface area contributed by atoms with Crippen LogP contribution in [-0.4, -0.2) is 50.1 Å². The number of piperidine rings is 1. The third-order valence-corrected chi connectivity index (χ3v) is 6.44. The summed E-state index contributed by atoms with van der Waals surface area (Å²) in [4.78, 5) is 31.5. The fourth-order valence-electron chi connectivity index (χ4n) is 4.77. The molecule has 0 radical (unpaired) electrons. The van der Waals surface area contributed by atoms with Crippen LogP contribution in [0.1, 0.15) is 56.5 Å². The third kappa shape index (κ3) is 4.13. The Kier molecular flexibility index (Phi) is 5.94. The molecule has 7 heteroatoms. The molecule has 1 fully saturated rings. The van der Waals surface area contributed by atoms with Crippen LogP contribution in [0, 0.1) is 13.8 Å². The molecule has 3 aromatic rings. The number of benzene rings is 1. The Balaban J connectivity index is 1.41. The van der Waals surface area contributed by atoms with E-state index in [2.05, 4.69) is 18.9 Å². The Labute approximate surface area is 182 Å². The molecule has 2 aromatic heterocycles. The molecule has 1 aliphatic heterocycles. The molecule has 4 rings (SSSR count). The highest BCUT2D eigenvalue weighted by atomic mass is 16.5. The number of amides is 1. The molecule has 0 aliphatic carbocycles. The van der Waals surface area contributed by atoms with Crippen molar-refractivity contribution in [3.63, 3.8) is 0 Å². The Morgan fingerprint density at radius 3 is 2.58 bits per heavy atom. The lowest BCUT2D eigenvalue weighted by Crippen LogP contribution is -2.49. The molecule has 3 heterocycles. The number of likely N-dealkylation sites (tertiary alicyclic amines) is 1. The third-order valence-electron chi connectivity index (χ3n) is 6.44. The number of aromatic nitrogens is 3. The SMILES string of the molecule is Cc1nc2c3ccccc3nn2c(C)c1CCC(=O)OCC(=O)N1C(C)CCCC1C. The predicted octanol–water partition coefficient (Wildman–Crippen LogP) is 3.76. The van der Waals surface area contributed by atoms with Gasteiger partial charge in [0.1, 0.15) is 0 Å². The summed E-state index contributed by atoms with van der Waals surface area (Å²) in [5.41, 5.74) is 4.57. The Bertz CT molecular complexity index is 1130. The summed E-state index contributed by atoms with van der Waals surface area (Å²) in [6.07, 6.45) is 3.84. The van der Waals surface area contributed by atoms with Crippen LogP contribution in [0.3, 0.4) is 0 Å². The first-order valence-electron chi connectivity index (χ1n) is 11.1. The molecule has 2 atom stereocenters. The van der Waals surface area contributed by atoms with Gasteiger partial charge in [0.15, 0.2) is 12.3 Å². The zero-order valence-electron chi connectivity index (χ0n) is 18.7. The first-order chi connectivity index (χ1) is 14.9. The summed E-state index contributed by atoms with van der Waals surface area (Å²) in [5, 5.41) is 5.67. The first-order valence-corrected chi connectivity index (χ1v) is 11.1. The van der Waals surface area contributed by atoms with Crippen molar-refractivity contribution in [2.45, 2.75) is 71.9 Å². The second kappa shape index (κ2) is 8.65. The van der Waals surface area contributed by atoms with Crippen molar-refractivity contribution in [3.05, 3.63) is 41.2 Å². The van der Waals surface area contributed by atoms with Crippen LogP contribution in [0.2, 0.25) is 0 Å². The van der Waals surface area contributed by atoms with E-state index >= 15 is 0 Å². The summed E-state index contributed by atoms with van der Waals surface area (Å²) < 4.78 is 7.17. The number of carbonyl (C=O) groups is 2. The van der Waals surface area contributed by atoms with E-state index in [-0.39, 0.29) is 37.0 Å². The fourth-order valence-corrected chi connectivity index (χ4v) is 4.77. The smallest absolute Gasteiger partial charge is 0.306 e. The number of hydrogen-bond acceptors (Lipinski definition) is 5. The number of carbonyl (C=O) groups excluding carboxylic acids is 2. The molecule has 0 saturated carbocycles. The number of nitrogens with zero attached hydrogens (tertiary/aromatic N) is 4. The highest BCUT2D eigenvalue weighted by Gasteiger charge is 2.29. The van der Waals surface area contributed by atoms with Crippen molar-refractivity contribution in [1.82, 2.24) is 19.5 Å². The fraction of sp³-hybridized carbons (Fsp3) is 0.500. The molecule has 0 spiro atoms. The van der Waals surface area contributed by atoms with Gasteiger partial charge in [0.05, 0.1) is 5.52 Å². The number of esters is 1. The topological polar surface area (TPSA) is 76.8 Å². The Morgan fingerprint density at radius 1 is 1.13 bits per heavy atom. The molecular weight excluding hydrogens is 392 g/mol. The molecule has 7 nitrogen and oxygen atoms in total. The first kappa shape index (κ1) is 21.3. The van der Waals surface area contributed by atoms with Crippen molar-refractivity contribution >= 4 is 28.4 Å². The zero-order chi connectivity index (χ0) is 22.1. The lowest BCUT2D eigenvalue weighted by Gasteiger charge is -2.38.